The molecule has 68 valence electrons. The monoisotopic (exact) mass is 331 g/mol. The van der Waals surface area contributed by atoms with E-state index < -0.39 is 21.6 Å². The van der Waals surface area contributed by atoms with E-state index in [0.29, 0.717) is 6.04 Å². The molecule has 0 aromatic carbocycles. The molecule has 2 radical (unpaired) electrons. The van der Waals surface area contributed by atoms with Gasteiger partial charge in [-0.25, -0.2) is 0 Å². The molecule has 0 bridgehead atoms. The van der Waals surface area contributed by atoms with E-state index in [1.54, 1.807) is 0 Å². The van der Waals surface area contributed by atoms with E-state index in [2.05, 4.69) is 6.92 Å². The van der Waals surface area contributed by atoms with E-state index >= 15 is 0 Å². The zero-order valence-electron chi connectivity index (χ0n) is 7.30. The van der Waals surface area contributed by atoms with Crippen LogP contribution < -0.4 is 5.73 Å². The second kappa shape index (κ2) is 11.2. The van der Waals surface area contributed by atoms with Crippen molar-refractivity contribution < 1.29 is 3.07 Å². The molecular formula is C7H18BrNOSn. The third-order valence-electron chi connectivity index (χ3n) is 1.33. The summed E-state index contributed by atoms with van der Waals surface area (Å²) in [6.45, 7) is 2.07. The molecule has 0 aliphatic rings. The second-order valence-electron chi connectivity index (χ2n) is 2.57. The Bertz CT molecular complexity index is 73.5. The fourth-order valence-corrected chi connectivity index (χ4v) is 2.47. The third kappa shape index (κ3) is 14.1. The standard InChI is InChI=1S/C6H14N.CH3O.BrH.Sn/c1-3-4-5-6(2)7;1-2;;/h6H,1,3-5,7H2,2H3;1H3;1H;/q;-1;;+1. The van der Waals surface area contributed by atoms with Gasteiger partial charge in [0.1, 0.15) is 0 Å². The predicted molar refractivity (Wildman–Crippen MR) is 55.4 cm³/mol. The number of rotatable bonds is 6. The molecule has 2 nitrogen and oxygen atoms in total. The van der Waals surface area contributed by atoms with Crippen LogP contribution in [-0.2, 0) is 3.07 Å². The summed E-state index contributed by atoms with van der Waals surface area (Å²) in [4.78, 5) is 0. The first-order valence-electron chi connectivity index (χ1n) is 3.78. The molecule has 0 aromatic heterocycles. The molecule has 0 aliphatic carbocycles. The Morgan fingerprint density at radius 1 is 1.45 bits per heavy atom. The van der Waals surface area contributed by atoms with E-state index in [-0.39, 0.29) is 17.0 Å². The van der Waals surface area contributed by atoms with Crippen LogP contribution in [0, 0.1) is 0 Å². The minimum absolute atomic E-state index is 0. The van der Waals surface area contributed by atoms with E-state index in [1.807, 2.05) is 7.11 Å². The van der Waals surface area contributed by atoms with Crippen LogP contribution in [0.3, 0.4) is 0 Å². The first-order chi connectivity index (χ1) is 4.77. The van der Waals surface area contributed by atoms with Crippen molar-refractivity contribution in [1.29, 1.82) is 0 Å². The van der Waals surface area contributed by atoms with Gasteiger partial charge in [-0.2, -0.15) is 0 Å². The second-order valence-corrected chi connectivity index (χ2v) is 5.99. The van der Waals surface area contributed by atoms with Crippen molar-refractivity contribution in [2.75, 3.05) is 7.11 Å². The Morgan fingerprint density at radius 3 is 2.55 bits per heavy atom. The fraction of sp³-hybridized carbons (Fsp3) is 1.00. The van der Waals surface area contributed by atoms with Crippen LogP contribution in [0.15, 0.2) is 0 Å². The van der Waals surface area contributed by atoms with Gasteiger partial charge in [0, 0.05) is 0 Å². The van der Waals surface area contributed by atoms with Crippen molar-refractivity contribution >= 4 is 38.5 Å². The summed E-state index contributed by atoms with van der Waals surface area (Å²) in [6.07, 6.45) is 3.77. The summed E-state index contributed by atoms with van der Waals surface area (Å²) in [7, 11) is 1.82. The quantitative estimate of drug-likeness (QED) is 0.595. The topological polar surface area (TPSA) is 35.2 Å². The van der Waals surface area contributed by atoms with Crippen LogP contribution in [-0.4, -0.2) is 34.7 Å². The average molecular weight is 331 g/mol. The fourth-order valence-electron chi connectivity index (χ4n) is 0.766. The zero-order chi connectivity index (χ0) is 7.82. The molecule has 0 amide bonds. The molecule has 0 spiro atoms. The predicted octanol–water partition coefficient (Wildman–Crippen LogP) is 1.77. The molecular weight excluding hydrogens is 313 g/mol. The molecule has 0 saturated carbocycles. The average Bonchev–Trinajstić information content (AvgIpc) is 1.87. The van der Waals surface area contributed by atoms with Crippen LogP contribution >= 0.6 is 17.0 Å². The Kier molecular flexibility index (Phi) is 15.0. The minimum atomic E-state index is -0.400. The van der Waals surface area contributed by atoms with Crippen molar-refractivity contribution in [3.8, 4) is 0 Å². The molecule has 0 saturated heterocycles. The first-order valence-corrected chi connectivity index (χ1v) is 6.97. The number of hydrogen-bond donors (Lipinski definition) is 1. The van der Waals surface area contributed by atoms with Crippen LogP contribution in [0.4, 0.5) is 0 Å². The van der Waals surface area contributed by atoms with Crippen LogP contribution in [0.25, 0.3) is 0 Å². The summed E-state index contributed by atoms with van der Waals surface area (Å²) in [5.41, 5.74) is 5.59. The van der Waals surface area contributed by atoms with Crippen molar-refractivity contribution in [3.05, 3.63) is 0 Å². The summed E-state index contributed by atoms with van der Waals surface area (Å²) in [5, 5.41) is 0. The van der Waals surface area contributed by atoms with Gasteiger partial charge in [-0.15, -0.1) is 17.0 Å². The van der Waals surface area contributed by atoms with Gasteiger partial charge in [-0.05, 0) is 0 Å². The normalized spacial score (nSPS) is 12.3. The Balaban J connectivity index is 0. The summed E-state index contributed by atoms with van der Waals surface area (Å²) in [6, 6.07) is 0.382. The number of halogens is 1. The Morgan fingerprint density at radius 2 is 2.09 bits per heavy atom. The molecule has 0 rings (SSSR count). The molecule has 1 atom stereocenters. The van der Waals surface area contributed by atoms with Crippen LogP contribution in [0.2, 0.25) is 4.44 Å². The van der Waals surface area contributed by atoms with E-state index in [1.165, 1.54) is 23.7 Å². The molecule has 0 aromatic rings. The molecule has 0 heterocycles. The van der Waals surface area contributed by atoms with Gasteiger partial charge in [0.05, 0.1) is 0 Å². The molecule has 4 heteroatoms. The van der Waals surface area contributed by atoms with Crippen molar-refractivity contribution in [2.24, 2.45) is 5.73 Å². The van der Waals surface area contributed by atoms with Crippen LogP contribution in [0.5, 0.6) is 0 Å². The van der Waals surface area contributed by atoms with Crippen molar-refractivity contribution in [2.45, 2.75) is 36.7 Å². The van der Waals surface area contributed by atoms with Gasteiger partial charge in [0.25, 0.3) is 0 Å². The van der Waals surface area contributed by atoms with Gasteiger partial charge in [0.2, 0.25) is 0 Å². The number of unbranched alkanes of at least 4 members (excludes halogenated alkanes) is 1. The number of hydrogen-bond acceptors (Lipinski definition) is 2. The molecule has 2 N–H and O–H groups in total. The van der Waals surface area contributed by atoms with Gasteiger partial charge in [0.15, 0.2) is 0 Å². The van der Waals surface area contributed by atoms with Crippen molar-refractivity contribution in [3.63, 3.8) is 0 Å². The molecule has 11 heavy (non-hydrogen) atoms. The summed E-state index contributed by atoms with van der Waals surface area (Å²) in [5.74, 6) is 0. The van der Waals surface area contributed by atoms with E-state index in [4.69, 9.17) is 8.81 Å². The number of nitrogens with two attached hydrogens (primary N) is 1. The first kappa shape index (κ1) is 14.7. The Hall–Kier alpha value is 1.20. The molecule has 0 fully saturated rings. The van der Waals surface area contributed by atoms with Crippen LogP contribution in [0.1, 0.15) is 26.2 Å². The molecule has 0 aliphatic heterocycles. The summed E-state index contributed by atoms with van der Waals surface area (Å²) >= 11 is -0.400. The maximum absolute atomic E-state index is 5.59. The summed E-state index contributed by atoms with van der Waals surface area (Å²) < 4.78 is 6.43. The zero-order valence-corrected chi connectivity index (χ0v) is 11.9. The maximum atomic E-state index is 5.59. The van der Waals surface area contributed by atoms with E-state index in [0.717, 1.165) is 0 Å². The van der Waals surface area contributed by atoms with E-state index in [9.17, 15) is 0 Å². The van der Waals surface area contributed by atoms with Gasteiger partial charge in [-0.3, -0.25) is 0 Å². The van der Waals surface area contributed by atoms with Gasteiger partial charge < -0.3 is 0 Å². The van der Waals surface area contributed by atoms with Gasteiger partial charge in [-0.1, -0.05) is 0 Å². The van der Waals surface area contributed by atoms with Crippen molar-refractivity contribution in [1.82, 2.24) is 0 Å². The SMILES string of the molecule is Br.C[O][Sn][CH2]CCCC(C)N. The molecule has 1 unspecified atom stereocenters. The van der Waals surface area contributed by atoms with Gasteiger partial charge >= 0.3 is 74.1 Å². The third-order valence-corrected chi connectivity index (χ3v) is 3.75. The Labute approximate surface area is 90.8 Å².